The largest absolute Gasteiger partial charge is 0.459 e. The highest BCUT2D eigenvalue weighted by Crippen LogP contribution is 2.44. The van der Waals surface area contributed by atoms with E-state index in [0.717, 1.165) is 29.8 Å². The number of carbonyl (C=O) groups excluding carboxylic acids is 1. The first-order valence-corrected chi connectivity index (χ1v) is 13.3. The number of hydrogen-bond donors (Lipinski definition) is 1. The Kier molecular flexibility index (Phi) is 8.84. The Morgan fingerprint density at radius 3 is 1.59 bits per heavy atom. The molecule has 220 valence electrons. The number of ether oxygens (including phenoxy) is 1. The number of nitrogens with zero attached hydrogens (tertiary/aromatic N) is 1. The molecule has 1 heterocycles. The molecule has 0 radical (unpaired) electrons. The number of hydrogen-bond acceptors (Lipinski definition) is 4. The van der Waals surface area contributed by atoms with Crippen LogP contribution in [0.25, 0.3) is 0 Å². The lowest BCUT2D eigenvalue weighted by Crippen LogP contribution is -2.44. The topological polar surface area (TPSA) is 49.8 Å². The highest BCUT2D eigenvalue weighted by molar-refractivity contribution is 5.89. The van der Waals surface area contributed by atoms with Gasteiger partial charge in [0.15, 0.2) is 0 Å². The van der Waals surface area contributed by atoms with E-state index in [9.17, 15) is 36.2 Å². The minimum absolute atomic E-state index is 0.188. The average molecular weight is 580 g/mol. The van der Waals surface area contributed by atoms with Gasteiger partial charge in [-0.05, 0) is 98.8 Å². The van der Waals surface area contributed by atoms with Gasteiger partial charge in [0.25, 0.3) is 0 Å². The normalized spacial score (nSPS) is 15.8. The van der Waals surface area contributed by atoms with E-state index < -0.39 is 41.0 Å². The van der Waals surface area contributed by atoms with E-state index in [4.69, 9.17) is 4.74 Å². The van der Waals surface area contributed by atoms with Crippen LogP contribution in [0.2, 0.25) is 0 Å². The van der Waals surface area contributed by atoms with Crippen LogP contribution >= 0.6 is 0 Å². The number of alkyl halides is 6. The summed E-state index contributed by atoms with van der Waals surface area (Å²) in [6.45, 7) is 5.21. The fourth-order valence-electron chi connectivity index (χ4n) is 5.26. The van der Waals surface area contributed by atoms with Crippen molar-refractivity contribution in [3.05, 3.63) is 106 Å². The van der Waals surface area contributed by atoms with Gasteiger partial charge in [0.1, 0.15) is 5.60 Å². The third-order valence-electron chi connectivity index (χ3n) is 7.42. The molecule has 1 aliphatic rings. The molecule has 41 heavy (non-hydrogen) atoms. The Labute approximate surface area is 234 Å². The van der Waals surface area contributed by atoms with Crippen molar-refractivity contribution in [2.45, 2.75) is 57.3 Å². The summed E-state index contributed by atoms with van der Waals surface area (Å²) in [5, 5.41) is 12.1. The number of carbonyl (C=O) groups is 1. The Bertz CT molecular complexity index is 1250. The number of aliphatic hydroxyl groups is 1. The van der Waals surface area contributed by atoms with E-state index in [1.165, 1.54) is 24.3 Å². The lowest BCUT2D eigenvalue weighted by Gasteiger charge is -2.42. The average Bonchev–Trinajstić information content (AvgIpc) is 2.92. The molecule has 1 fully saturated rings. The van der Waals surface area contributed by atoms with E-state index >= 15 is 0 Å². The lowest BCUT2D eigenvalue weighted by atomic mass is 9.71. The Morgan fingerprint density at radius 2 is 1.20 bits per heavy atom. The van der Waals surface area contributed by atoms with Crippen LogP contribution < -0.4 is 0 Å². The van der Waals surface area contributed by atoms with Crippen LogP contribution in [0.5, 0.6) is 0 Å². The van der Waals surface area contributed by atoms with Gasteiger partial charge in [0, 0.05) is 6.54 Å². The monoisotopic (exact) mass is 579 g/mol. The predicted molar refractivity (Wildman–Crippen MR) is 141 cm³/mol. The molecule has 10 heteroatoms. The molecular formula is C31H31F6NO3. The molecule has 4 nitrogen and oxygen atoms in total. The van der Waals surface area contributed by atoms with Crippen molar-refractivity contribution >= 4 is 5.97 Å². The number of benzene rings is 3. The summed E-state index contributed by atoms with van der Waals surface area (Å²) in [5.41, 5.74) is -1.77. The van der Waals surface area contributed by atoms with Gasteiger partial charge in [-0.25, -0.2) is 4.79 Å². The van der Waals surface area contributed by atoms with Gasteiger partial charge in [-0.3, -0.25) is 4.90 Å². The number of likely N-dealkylation sites (tertiary alicyclic amines) is 1. The summed E-state index contributed by atoms with van der Waals surface area (Å²) < 4.78 is 84.3. The Morgan fingerprint density at radius 1 is 0.780 bits per heavy atom. The number of rotatable bonds is 7. The van der Waals surface area contributed by atoms with E-state index in [-0.39, 0.29) is 17.2 Å². The van der Waals surface area contributed by atoms with Gasteiger partial charge >= 0.3 is 18.3 Å². The Hall–Kier alpha value is -3.37. The molecule has 1 saturated heterocycles. The molecular weight excluding hydrogens is 548 g/mol. The summed E-state index contributed by atoms with van der Waals surface area (Å²) in [6.07, 6.45) is -8.45. The molecule has 1 N–H and O–H groups in total. The standard InChI is InChI=1S/C31H31F6NO3/c1-20(2)41-28(39)22-5-3-21(4-6-22)19-38-17-15-25(16-18-38)29(40,23-7-11-26(12-8-23)30(32,33)34)24-9-13-27(14-10-24)31(35,36)37/h3-14,20,25,40H,15-19H2,1-2H3. The zero-order valence-electron chi connectivity index (χ0n) is 22.6. The van der Waals surface area contributed by atoms with Gasteiger partial charge in [0.2, 0.25) is 0 Å². The summed E-state index contributed by atoms with van der Waals surface area (Å²) in [7, 11) is 0. The highest BCUT2D eigenvalue weighted by Gasteiger charge is 2.43. The predicted octanol–water partition coefficient (Wildman–Crippen LogP) is 7.44. The third-order valence-corrected chi connectivity index (χ3v) is 7.42. The smallest absolute Gasteiger partial charge is 0.416 e. The van der Waals surface area contributed by atoms with E-state index in [1.807, 2.05) is 12.1 Å². The molecule has 0 unspecified atom stereocenters. The van der Waals surface area contributed by atoms with Crippen LogP contribution in [-0.2, 0) is 29.2 Å². The number of halogens is 6. The SMILES string of the molecule is CC(C)OC(=O)c1ccc(CN2CCC(C(O)(c3ccc(C(F)(F)F)cc3)c3ccc(C(F)(F)F)cc3)CC2)cc1. The van der Waals surface area contributed by atoms with Gasteiger partial charge in [0.05, 0.1) is 22.8 Å². The maximum absolute atomic E-state index is 13.2. The molecule has 4 rings (SSSR count). The van der Waals surface area contributed by atoms with Crippen molar-refractivity contribution in [3.8, 4) is 0 Å². The molecule has 3 aromatic rings. The van der Waals surface area contributed by atoms with Crippen molar-refractivity contribution in [1.82, 2.24) is 4.90 Å². The first kappa shape index (κ1) is 30.6. The summed E-state index contributed by atoms with van der Waals surface area (Å²) in [4.78, 5) is 14.2. The second-order valence-corrected chi connectivity index (χ2v) is 10.6. The maximum Gasteiger partial charge on any atom is 0.416 e. The summed E-state index contributed by atoms with van der Waals surface area (Å²) >= 11 is 0. The van der Waals surface area contributed by atoms with Crippen LogP contribution in [0, 0.1) is 5.92 Å². The van der Waals surface area contributed by atoms with Crippen LogP contribution in [-0.4, -0.2) is 35.2 Å². The lowest BCUT2D eigenvalue weighted by molar-refractivity contribution is -0.138. The number of piperidine rings is 1. The quantitative estimate of drug-likeness (QED) is 0.234. The van der Waals surface area contributed by atoms with Gasteiger partial charge in [-0.1, -0.05) is 36.4 Å². The second-order valence-electron chi connectivity index (χ2n) is 10.6. The zero-order chi connectivity index (χ0) is 30.0. The van der Waals surface area contributed by atoms with Crippen molar-refractivity contribution in [3.63, 3.8) is 0 Å². The van der Waals surface area contributed by atoms with Crippen LogP contribution in [0.15, 0.2) is 72.8 Å². The molecule has 0 saturated carbocycles. The van der Waals surface area contributed by atoms with Crippen LogP contribution in [0.1, 0.15) is 64.9 Å². The van der Waals surface area contributed by atoms with Crippen LogP contribution in [0.3, 0.4) is 0 Å². The first-order valence-electron chi connectivity index (χ1n) is 13.3. The van der Waals surface area contributed by atoms with Gasteiger partial charge < -0.3 is 9.84 Å². The molecule has 0 amide bonds. The molecule has 0 aliphatic carbocycles. The minimum Gasteiger partial charge on any atom is -0.459 e. The van der Waals surface area contributed by atoms with E-state index in [2.05, 4.69) is 4.90 Å². The molecule has 0 bridgehead atoms. The zero-order valence-corrected chi connectivity index (χ0v) is 22.6. The highest BCUT2D eigenvalue weighted by atomic mass is 19.4. The molecule has 0 spiro atoms. The maximum atomic E-state index is 13.2. The molecule has 0 aromatic heterocycles. The van der Waals surface area contributed by atoms with Crippen molar-refractivity contribution in [2.75, 3.05) is 13.1 Å². The van der Waals surface area contributed by atoms with Crippen LogP contribution in [0.4, 0.5) is 26.3 Å². The van der Waals surface area contributed by atoms with Crippen molar-refractivity contribution in [2.24, 2.45) is 5.92 Å². The molecule has 3 aromatic carbocycles. The fraction of sp³-hybridized carbons (Fsp3) is 0.387. The first-order chi connectivity index (χ1) is 19.2. The third kappa shape index (κ3) is 7.11. The number of esters is 1. The van der Waals surface area contributed by atoms with Crippen molar-refractivity contribution in [1.29, 1.82) is 0 Å². The second kappa shape index (κ2) is 11.9. The molecule has 1 aliphatic heterocycles. The van der Waals surface area contributed by atoms with Crippen molar-refractivity contribution < 1.29 is 41.0 Å². The summed E-state index contributed by atoms with van der Waals surface area (Å²) in [6, 6.07) is 15.3. The summed E-state index contributed by atoms with van der Waals surface area (Å²) in [5.74, 6) is -0.862. The fourth-order valence-corrected chi connectivity index (χ4v) is 5.26. The van der Waals surface area contributed by atoms with Gasteiger partial charge in [-0.15, -0.1) is 0 Å². The molecule has 0 atom stereocenters. The minimum atomic E-state index is -4.57. The van der Waals surface area contributed by atoms with E-state index in [1.54, 1.807) is 26.0 Å². The van der Waals surface area contributed by atoms with E-state index in [0.29, 0.717) is 38.0 Å². The Balaban J connectivity index is 1.53. The van der Waals surface area contributed by atoms with Gasteiger partial charge in [-0.2, -0.15) is 26.3 Å².